The first-order valence-corrected chi connectivity index (χ1v) is 12.8. The number of benzene rings is 2. The van der Waals surface area contributed by atoms with Crippen molar-refractivity contribution in [2.24, 2.45) is 0 Å². The van der Waals surface area contributed by atoms with Crippen LogP contribution in [0.25, 0.3) is 10.2 Å². The predicted molar refractivity (Wildman–Crippen MR) is 141 cm³/mol. The van der Waals surface area contributed by atoms with Gasteiger partial charge >= 0.3 is 0 Å². The van der Waals surface area contributed by atoms with Crippen LogP contribution in [0.3, 0.4) is 0 Å². The third kappa shape index (κ3) is 5.96. The Morgan fingerprint density at radius 2 is 2.00 bits per heavy atom. The lowest BCUT2D eigenvalue weighted by Gasteiger charge is -2.12. The molecule has 5 rings (SSSR count). The molecule has 3 heterocycles. The Bertz CT molecular complexity index is 1330. The van der Waals surface area contributed by atoms with E-state index in [0.29, 0.717) is 30.3 Å². The van der Waals surface area contributed by atoms with E-state index >= 15 is 0 Å². The van der Waals surface area contributed by atoms with Gasteiger partial charge in [0, 0.05) is 54.2 Å². The van der Waals surface area contributed by atoms with Crippen molar-refractivity contribution in [1.29, 1.82) is 0 Å². The number of fused-ring (bicyclic) bond motifs is 1. The quantitative estimate of drug-likeness (QED) is 0.279. The largest absolute Gasteiger partial charge is 0.457 e. The molecule has 1 aliphatic heterocycles. The smallest absolute Gasteiger partial charge is 0.270 e. The van der Waals surface area contributed by atoms with Crippen molar-refractivity contribution in [3.05, 3.63) is 71.0 Å². The molecular weight excluding hydrogens is 530 g/mol. The van der Waals surface area contributed by atoms with Crippen LogP contribution in [0.1, 0.15) is 16.9 Å². The van der Waals surface area contributed by atoms with Gasteiger partial charge in [-0.1, -0.05) is 27.3 Å². The number of thiazole rings is 1. The summed E-state index contributed by atoms with van der Waals surface area (Å²) in [7, 11) is 1.68. The van der Waals surface area contributed by atoms with Gasteiger partial charge < -0.3 is 25.4 Å². The number of aromatic nitrogens is 2. The van der Waals surface area contributed by atoms with Crippen LogP contribution in [-0.4, -0.2) is 48.2 Å². The summed E-state index contributed by atoms with van der Waals surface area (Å²) in [5.41, 5.74) is 2.11. The summed E-state index contributed by atoms with van der Waals surface area (Å²) in [6, 6.07) is 17.4. The number of carbonyl (C=O) groups excluding carboxylic acids is 1. The van der Waals surface area contributed by atoms with Crippen molar-refractivity contribution in [3.8, 4) is 11.5 Å². The Labute approximate surface area is 215 Å². The molecule has 10 heteroatoms. The second kappa shape index (κ2) is 10.7. The third-order valence-electron chi connectivity index (χ3n) is 5.58. The first-order valence-electron chi connectivity index (χ1n) is 11.2. The molecule has 2 atom stereocenters. The summed E-state index contributed by atoms with van der Waals surface area (Å²) in [5, 5.41) is 10.5. The Hall–Kier alpha value is -3.05. The number of halogens is 1. The number of methoxy groups -OCH3 is 1. The van der Waals surface area contributed by atoms with Crippen LogP contribution in [0.2, 0.25) is 0 Å². The second-order valence-electron chi connectivity index (χ2n) is 8.23. The molecule has 3 N–H and O–H groups in total. The van der Waals surface area contributed by atoms with Crippen LogP contribution in [-0.2, 0) is 4.74 Å². The van der Waals surface area contributed by atoms with Gasteiger partial charge in [-0.3, -0.25) is 9.78 Å². The van der Waals surface area contributed by atoms with Crippen LogP contribution in [0.4, 0.5) is 10.8 Å². The molecular formula is C25H24BrN5O3S. The average Bonchev–Trinajstić information content (AvgIpc) is 3.46. The van der Waals surface area contributed by atoms with Crippen molar-refractivity contribution >= 4 is 54.2 Å². The first-order chi connectivity index (χ1) is 17.1. The summed E-state index contributed by atoms with van der Waals surface area (Å²) in [6.07, 6.45) is 2.40. The van der Waals surface area contributed by atoms with E-state index in [1.165, 1.54) is 0 Å². The molecule has 0 radical (unpaired) electrons. The number of rotatable bonds is 8. The molecule has 4 aromatic rings. The Kier molecular flexibility index (Phi) is 7.24. The van der Waals surface area contributed by atoms with Gasteiger partial charge in [-0.15, -0.1) is 0 Å². The summed E-state index contributed by atoms with van der Waals surface area (Å²) in [5.74, 6) is 0.951. The van der Waals surface area contributed by atoms with E-state index in [4.69, 9.17) is 9.47 Å². The number of ether oxygens (including phenoxy) is 2. The maximum atomic E-state index is 12.7. The summed E-state index contributed by atoms with van der Waals surface area (Å²) < 4.78 is 13.3. The van der Waals surface area contributed by atoms with E-state index < -0.39 is 0 Å². The Morgan fingerprint density at radius 1 is 1.17 bits per heavy atom. The molecule has 180 valence electrons. The van der Waals surface area contributed by atoms with Gasteiger partial charge in [0.15, 0.2) is 5.13 Å². The molecule has 0 bridgehead atoms. The highest BCUT2D eigenvalue weighted by Crippen LogP contribution is 2.32. The van der Waals surface area contributed by atoms with Crippen LogP contribution in [0.15, 0.2) is 65.3 Å². The molecule has 1 unspecified atom stereocenters. The van der Waals surface area contributed by atoms with E-state index in [2.05, 4.69) is 41.8 Å². The first kappa shape index (κ1) is 23.7. The van der Waals surface area contributed by atoms with E-state index in [-0.39, 0.29) is 18.0 Å². The zero-order valence-corrected chi connectivity index (χ0v) is 21.4. The zero-order chi connectivity index (χ0) is 24.2. The van der Waals surface area contributed by atoms with E-state index in [1.54, 1.807) is 36.8 Å². The molecule has 1 saturated heterocycles. The van der Waals surface area contributed by atoms with Gasteiger partial charge in [0.2, 0.25) is 0 Å². The van der Waals surface area contributed by atoms with Crippen LogP contribution in [0.5, 0.6) is 11.5 Å². The fraction of sp³-hybridized carbons (Fsp3) is 0.240. The molecule has 2 aromatic carbocycles. The van der Waals surface area contributed by atoms with Gasteiger partial charge in [-0.2, -0.15) is 0 Å². The lowest BCUT2D eigenvalue weighted by molar-refractivity contribution is 0.0933. The highest BCUT2D eigenvalue weighted by molar-refractivity contribution is 9.10. The molecule has 1 aliphatic rings. The topological polar surface area (TPSA) is 97.4 Å². The van der Waals surface area contributed by atoms with Gasteiger partial charge in [-0.25, -0.2) is 4.98 Å². The number of hydrogen-bond donors (Lipinski definition) is 3. The van der Waals surface area contributed by atoms with Crippen molar-refractivity contribution in [2.75, 3.05) is 25.6 Å². The summed E-state index contributed by atoms with van der Waals surface area (Å²) in [6.45, 7) is 1.33. The molecule has 0 aliphatic carbocycles. The maximum Gasteiger partial charge on any atom is 0.270 e. The number of anilines is 2. The van der Waals surface area contributed by atoms with Gasteiger partial charge in [0.1, 0.15) is 17.2 Å². The molecule has 0 saturated carbocycles. The van der Waals surface area contributed by atoms with Crippen LogP contribution >= 0.6 is 27.3 Å². The average molecular weight is 554 g/mol. The lowest BCUT2D eigenvalue weighted by atomic mass is 10.2. The normalized spacial score (nSPS) is 17.4. The zero-order valence-electron chi connectivity index (χ0n) is 19.0. The number of nitrogens with zero attached hydrogens (tertiary/aromatic N) is 2. The highest BCUT2D eigenvalue weighted by Gasteiger charge is 2.25. The number of hydrogen-bond acceptors (Lipinski definition) is 8. The van der Waals surface area contributed by atoms with Gasteiger partial charge in [0.25, 0.3) is 5.91 Å². The molecule has 1 amide bonds. The van der Waals surface area contributed by atoms with E-state index in [9.17, 15) is 4.79 Å². The van der Waals surface area contributed by atoms with Gasteiger partial charge in [-0.05, 0) is 48.9 Å². The van der Waals surface area contributed by atoms with E-state index in [1.807, 2.05) is 42.5 Å². The summed E-state index contributed by atoms with van der Waals surface area (Å²) in [4.78, 5) is 21.6. The fourth-order valence-electron chi connectivity index (χ4n) is 3.93. The van der Waals surface area contributed by atoms with Crippen LogP contribution < -0.4 is 20.7 Å². The summed E-state index contributed by atoms with van der Waals surface area (Å²) >= 11 is 5.02. The van der Waals surface area contributed by atoms with Crippen molar-refractivity contribution in [1.82, 2.24) is 20.6 Å². The minimum atomic E-state index is -0.223. The molecule has 2 aromatic heterocycles. The molecule has 1 fully saturated rings. The van der Waals surface area contributed by atoms with E-state index in [0.717, 1.165) is 31.9 Å². The molecule has 8 nitrogen and oxygen atoms in total. The van der Waals surface area contributed by atoms with Crippen molar-refractivity contribution in [2.45, 2.75) is 18.5 Å². The third-order valence-corrected chi connectivity index (χ3v) is 7.06. The second-order valence-corrected chi connectivity index (χ2v) is 10.2. The number of nitrogens with one attached hydrogen (secondary N) is 3. The standard InChI is InChI=1S/C25H24BrN5O3S/c1-33-14-18-10-17(13-28-18)29-24(32)22-12-20(8-9-27-22)34-19-6-7-23-21(11-19)31-25(35-23)30-16-4-2-15(26)3-5-16/h2-9,11-12,17-18,28H,10,13-14H2,1H3,(H,29,32)(H,30,31)/t17?,18-/m1/s1. The number of pyridine rings is 1. The minimum Gasteiger partial charge on any atom is -0.457 e. The fourth-order valence-corrected chi connectivity index (χ4v) is 5.06. The van der Waals surface area contributed by atoms with Gasteiger partial charge in [0.05, 0.1) is 16.8 Å². The molecule has 35 heavy (non-hydrogen) atoms. The predicted octanol–water partition coefficient (Wildman–Crippen LogP) is 5.10. The Morgan fingerprint density at radius 3 is 2.83 bits per heavy atom. The van der Waals surface area contributed by atoms with Crippen LogP contribution in [0, 0.1) is 0 Å². The maximum absolute atomic E-state index is 12.7. The molecule has 0 spiro atoms. The Balaban J connectivity index is 1.24. The minimum absolute atomic E-state index is 0.0429. The lowest BCUT2D eigenvalue weighted by Crippen LogP contribution is -2.36. The van der Waals surface area contributed by atoms with Crippen molar-refractivity contribution < 1.29 is 14.3 Å². The highest BCUT2D eigenvalue weighted by atomic mass is 79.9. The SMILES string of the molecule is COC[C@H]1CC(NC(=O)c2cc(Oc3ccc4sc(Nc5ccc(Br)cc5)nc4c3)ccn2)CN1. The monoisotopic (exact) mass is 553 g/mol. The van der Waals surface area contributed by atoms with Crippen molar-refractivity contribution in [3.63, 3.8) is 0 Å². The number of amides is 1. The number of carbonyl (C=O) groups is 1.